The molecule has 88 valence electrons. The number of carbonyl (C=O) groups excluding carboxylic acids is 1. The summed E-state index contributed by atoms with van der Waals surface area (Å²) < 4.78 is 0. The minimum atomic E-state index is -0.374. The summed E-state index contributed by atoms with van der Waals surface area (Å²) in [6, 6.07) is 9.57. The Morgan fingerprint density at radius 2 is 1.94 bits per heavy atom. The molecule has 1 rings (SSSR count). The maximum absolute atomic E-state index is 11.5. The lowest BCUT2D eigenvalue weighted by atomic mass is 10.1. The first-order chi connectivity index (χ1) is 7.53. The summed E-state index contributed by atoms with van der Waals surface area (Å²) in [4.78, 5) is 11.5. The molecule has 4 N–H and O–H groups in total. The molecule has 4 nitrogen and oxygen atoms in total. The van der Waals surface area contributed by atoms with Crippen molar-refractivity contribution in [1.29, 1.82) is 0 Å². The summed E-state index contributed by atoms with van der Waals surface area (Å²) >= 11 is 0. The van der Waals surface area contributed by atoms with E-state index in [1.165, 1.54) is 0 Å². The van der Waals surface area contributed by atoms with Crippen molar-refractivity contribution in [1.82, 2.24) is 10.6 Å². The minimum absolute atomic E-state index is 0.195. The van der Waals surface area contributed by atoms with Gasteiger partial charge < -0.3 is 16.4 Å². The third-order valence-electron chi connectivity index (χ3n) is 2.26. The van der Waals surface area contributed by atoms with Crippen LogP contribution < -0.4 is 16.4 Å². The number of nitrogens with two attached hydrogens (primary N) is 1. The number of hydrogen-bond acceptors (Lipinski definition) is 2. The van der Waals surface area contributed by atoms with E-state index in [2.05, 4.69) is 10.6 Å². The van der Waals surface area contributed by atoms with E-state index < -0.39 is 0 Å². The van der Waals surface area contributed by atoms with E-state index in [-0.39, 0.29) is 11.6 Å². The summed E-state index contributed by atoms with van der Waals surface area (Å²) in [6.45, 7) is 4.70. The third kappa shape index (κ3) is 4.31. The van der Waals surface area contributed by atoms with Crippen LogP contribution in [0.1, 0.15) is 19.4 Å². The van der Waals surface area contributed by atoms with Crippen molar-refractivity contribution in [3.8, 4) is 0 Å². The van der Waals surface area contributed by atoms with Crippen molar-refractivity contribution in [2.24, 2.45) is 5.73 Å². The first kappa shape index (κ1) is 12.5. The number of rotatable bonds is 4. The molecule has 1 aromatic rings. The van der Waals surface area contributed by atoms with Gasteiger partial charge in [0.25, 0.3) is 0 Å². The molecule has 2 amide bonds. The van der Waals surface area contributed by atoms with Crippen LogP contribution in [0, 0.1) is 0 Å². The molecule has 4 heteroatoms. The van der Waals surface area contributed by atoms with Crippen molar-refractivity contribution in [2.45, 2.75) is 25.9 Å². The molecular formula is C12H19N3O. The Hall–Kier alpha value is -1.55. The standard InChI is InChI=1S/C12H19N3O/c1-12(2,9-13)15-11(16)14-8-10-6-4-3-5-7-10/h3-7H,8-9,13H2,1-2H3,(H2,14,15,16). The predicted octanol–water partition coefficient (Wildman–Crippen LogP) is 1.22. The highest BCUT2D eigenvalue weighted by atomic mass is 16.2. The zero-order chi connectivity index (χ0) is 12.0. The Kier molecular flexibility index (Phi) is 4.31. The van der Waals surface area contributed by atoms with Crippen LogP contribution in [-0.4, -0.2) is 18.1 Å². The molecule has 1 aromatic carbocycles. The van der Waals surface area contributed by atoms with Crippen LogP contribution in [-0.2, 0) is 6.54 Å². The van der Waals surface area contributed by atoms with Gasteiger partial charge in [0.1, 0.15) is 0 Å². The summed E-state index contributed by atoms with van der Waals surface area (Å²) in [7, 11) is 0. The molecule has 0 aromatic heterocycles. The summed E-state index contributed by atoms with van der Waals surface area (Å²) in [6.07, 6.45) is 0. The second-order valence-corrected chi connectivity index (χ2v) is 4.38. The van der Waals surface area contributed by atoms with Crippen molar-refractivity contribution in [3.63, 3.8) is 0 Å². The van der Waals surface area contributed by atoms with Crippen molar-refractivity contribution < 1.29 is 4.79 Å². The molecule has 0 saturated carbocycles. The molecule has 0 unspecified atom stereocenters. The zero-order valence-electron chi connectivity index (χ0n) is 9.79. The monoisotopic (exact) mass is 221 g/mol. The topological polar surface area (TPSA) is 67.1 Å². The number of carbonyl (C=O) groups is 1. The number of nitrogens with one attached hydrogen (secondary N) is 2. The zero-order valence-corrected chi connectivity index (χ0v) is 9.79. The van der Waals surface area contributed by atoms with Crippen molar-refractivity contribution in [3.05, 3.63) is 35.9 Å². The maximum atomic E-state index is 11.5. The number of amides is 2. The van der Waals surface area contributed by atoms with Gasteiger partial charge in [0.05, 0.1) is 0 Å². The Labute approximate surface area is 96.2 Å². The Morgan fingerprint density at radius 3 is 2.50 bits per heavy atom. The molecule has 16 heavy (non-hydrogen) atoms. The van der Waals surface area contributed by atoms with Crippen molar-refractivity contribution in [2.75, 3.05) is 6.54 Å². The van der Waals surface area contributed by atoms with Gasteiger partial charge in [-0.15, -0.1) is 0 Å². The van der Waals surface area contributed by atoms with Gasteiger partial charge in [-0.25, -0.2) is 4.79 Å². The van der Waals surface area contributed by atoms with Crippen LogP contribution >= 0.6 is 0 Å². The van der Waals surface area contributed by atoms with Gasteiger partial charge in [0, 0.05) is 18.6 Å². The average Bonchev–Trinajstić information content (AvgIpc) is 2.27. The second-order valence-electron chi connectivity index (χ2n) is 4.38. The molecule has 0 atom stereocenters. The van der Waals surface area contributed by atoms with E-state index in [4.69, 9.17) is 5.73 Å². The quantitative estimate of drug-likeness (QED) is 0.715. The van der Waals surface area contributed by atoms with E-state index in [0.29, 0.717) is 13.1 Å². The lowest BCUT2D eigenvalue weighted by Crippen LogP contribution is -2.52. The van der Waals surface area contributed by atoms with Gasteiger partial charge in [0.2, 0.25) is 0 Å². The smallest absolute Gasteiger partial charge is 0.315 e. The van der Waals surface area contributed by atoms with Crippen LogP contribution in [0.25, 0.3) is 0 Å². The number of urea groups is 1. The van der Waals surface area contributed by atoms with Crippen LogP contribution in [0.5, 0.6) is 0 Å². The summed E-state index contributed by atoms with van der Waals surface area (Å²) in [5.41, 5.74) is 6.22. The average molecular weight is 221 g/mol. The first-order valence-electron chi connectivity index (χ1n) is 5.33. The van der Waals surface area contributed by atoms with Gasteiger partial charge >= 0.3 is 6.03 Å². The summed E-state index contributed by atoms with van der Waals surface area (Å²) in [5, 5.41) is 5.58. The molecule has 0 fully saturated rings. The van der Waals surface area contributed by atoms with Gasteiger partial charge in [0.15, 0.2) is 0 Å². The largest absolute Gasteiger partial charge is 0.334 e. The highest BCUT2D eigenvalue weighted by Gasteiger charge is 2.17. The maximum Gasteiger partial charge on any atom is 0.315 e. The molecule has 0 bridgehead atoms. The van der Waals surface area contributed by atoms with Gasteiger partial charge in [-0.2, -0.15) is 0 Å². The molecular weight excluding hydrogens is 202 g/mol. The lowest BCUT2D eigenvalue weighted by molar-refractivity contribution is 0.230. The molecule has 0 aliphatic carbocycles. The molecule has 0 saturated heterocycles. The predicted molar refractivity (Wildman–Crippen MR) is 64.9 cm³/mol. The fraction of sp³-hybridized carbons (Fsp3) is 0.417. The van der Waals surface area contributed by atoms with Gasteiger partial charge in [-0.1, -0.05) is 30.3 Å². The lowest BCUT2D eigenvalue weighted by Gasteiger charge is -2.24. The Bertz CT molecular complexity index is 335. The molecule has 0 spiro atoms. The normalized spacial score (nSPS) is 10.9. The number of hydrogen-bond donors (Lipinski definition) is 3. The SMILES string of the molecule is CC(C)(CN)NC(=O)NCc1ccccc1. The van der Waals surface area contributed by atoms with E-state index in [1.807, 2.05) is 44.2 Å². The molecule has 0 radical (unpaired) electrons. The first-order valence-corrected chi connectivity index (χ1v) is 5.33. The molecule has 0 aliphatic heterocycles. The van der Waals surface area contributed by atoms with Gasteiger partial charge in [-0.05, 0) is 19.4 Å². The van der Waals surface area contributed by atoms with E-state index in [0.717, 1.165) is 5.56 Å². The third-order valence-corrected chi connectivity index (χ3v) is 2.26. The van der Waals surface area contributed by atoms with E-state index >= 15 is 0 Å². The Morgan fingerprint density at radius 1 is 1.31 bits per heavy atom. The summed E-state index contributed by atoms with van der Waals surface area (Å²) in [5.74, 6) is 0. The number of benzene rings is 1. The second kappa shape index (κ2) is 5.51. The highest BCUT2D eigenvalue weighted by molar-refractivity contribution is 5.74. The van der Waals surface area contributed by atoms with Crippen molar-refractivity contribution >= 4 is 6.03 Å². The van der Waals surface area contributed by atoms with E-state index in [9.17, 15) is 4.79 Å². The van der Waals surface area contributed by atoms with Crippen LogP contribution in [0.3, 0.4) is 0 Å². The van der Waals surface area contributed by atoms with Crippen LogP contribution in [0.15, 0.2) is 30.3 Å². The Balaban J connectivity index is 2.36. The molecule has 0 aliphatic rings. The fourth-order valence-corrected chi connectivity index (χ4v) is 1.18. The van der Waals surface area contributed by atoms with E-state index in [1.54, 1.807) is 0 Å². The highest BCUT2D eigenvalue weighted by Crippen LogP contribution is 1.99. The fourth-order valence-electron chi connectivity index (χ4n) is 1.18. The van der Waals surface area contributed by atoms with Gasteiger partial charge in [-0.3, -0.25) is 0 Å². The van der Waals surface area contributed by atoms with Crippen LogP contribution in [0.2, 0.25) is 0 Å². The van der Waals surface area contributed by atoms with Crippen LogP contribution in [0.4, 0.5) is 4.79 Å². The molecule has 0 heterocycles. The minimum Gasteiger partial charge on any atom is -0.334 e.